The Kier molecular flexibility index (Phi) is 3.38. The molecule has 0 aliphatic carbocycles. The zero-order valence-corrected chi connectivity index (χ0v) is 11.5. The molecule has 3 rings (SSSR count). The van der Waals surface area contributed by atoms with Crippen molar-refractivity contribution in [1.82, 2.24) is 24.8 Å². The molecule has 0 aliphatic rings. The van der Waals surface area contributed by atoms with Gasteiger partial charge in [-0.25, -0.2) is 4.98 Å². The standard InChI is InChI=1S/C12H11N5O2S/c1-2-19-10(18)7-8-3-4-9-14-15-11(17(9)16-8)12-13-5-6-20-12/h3-6H,2,7H2,1H3. The highest BCUT2D eigenvalue weighted by Gasteiger charge is 2.13. The molecular weight excluding hydrogens is 278 g/mol. The van der Waals surface area contributed by atoms with Crippen molar-refractivity contribution in [2.24, 2.45) is 0 Å². The number of aromatic nitrogens is 5. The quantitative estimate of drug-likeness (QED) is 0.674. The molecule has 0 N–H and O–H groups in total. The molecule has 3 aromatic rings. The summed E-state index contributed by atoms with van der Waals surface area (Å²) < 4.78 is 6.50. The third-order valence-corrected chi connectivity index (χ3v) is 3.34. The van der Waals surface area contributed by atoms with Gasteiger partial charge in [-0.05, 0) is 19.1 Å². The Hall–Kier alpha value is -2.35. The van der Waals surface area contributed by atoms with E-state index >= 15 is 0 Å². The van der Waals surface area contributed by atoms with Crippen molar-refractivity contribution in [2.45, 2.75) is 13.3 Å². The predicted octanol–water partition coefficient (Wildman–Crippen LogP) is 1.35. The summed E-state index contributed by atoms with van der Waals surface area (Å²) in [4.78, 5) is 15.7. The topological polar surface area (TPSA) is 82.3 Å². The summed E-state index contributed by atoms with van der Waals surface area (Å²) in [6, 6.07) is 3.51. The van der Waals surface area contributed by atoms with Gasteiger partial charge in [0, 0.05) is 11.6 Å². The van der Waals surface area contributed by atoms with Crippen LogP contribution in [0.2, 0.25) is 0 Å². The first kappa shape index (κ1) is 12.7. The highest BCUT2D eigenvalue weighted by atomic mass is 32.1. The number of hydrogen-bond acceptors (Lipinski definition) is 7. The maximum absolute atomic E-state index is 11.5. The molecule has 0 atom stereocenters. The molecular formula is C12H11N5O2S. The molecule has 20 heavy (non-hydrogen) atoms. The molecule has 3 heterocycles. The van der Waals surface area contributed by atoms with Crippen LogP contribution in [-0.2, 0) is 16.0 Å². The summed E-state index contributed by atoms with van der Waals surface area (Å²) in [6.45, 7) is 2.13. The van der Waals surface area contributed by atoms with Crippen LogP contribution in [0.3, 0.4) is 0 Å². The molecule has 7 nitrogen and oxygen atoms in total. The molecule has 3 aromatic heterocycles. The van der Waals surface area contributed by atoms with Gasteiger partial charge in [0.05, 0.1) is 18.7 Å². The summed E-state index contributed by atoms with van der Waals surface area (Å²) in [6.07, 6.45) is 1.82. The average Bonchev–Trinajstić information content (AvgIpc) is 3.06. The van der Waals surface area contributed by atoms with E-state index in [4.69, 9.17) is 4.74 Å². The van der Waals surface area contributed by atoms with Crippen LogP contribution in [0, 0.1) is 0 Å². The van der Waals surface area contributed by atoms with E-state index in [1.807, 2.05) is 5.38 Å². The Balaban J connectivity index is 1.97. The Morgan fingerprint density at radius 3 is 3.05 bits per heavy atom. The lowest BCUT2D eigenvalue weighted by molar-refractivity contribution is -0.142. The summed E-state index contributed by atoms with van der Waals surface area (Å²) in [5.41, 5.74) is 1.22. The minimum atomic E-state index is -0.303. The second kappa shape index (κ2) is 5.33. The van der Waals surface area contributed by atoms with Gasteiger partial charge in [0.15, 0.2) is 10.7 Å². The van der Waals surface area contributed by atoms with Gasteiger partial charge in [-0.15, -0.1) is 21.5 Å². The third-order valence-electron chi connectivity index (χ3n) is 2.57. The SMILES string of the molecule is CCOC(=O)Cc1ccc2nnc(-c3nccs3)n2n1. The van der Waals surface area contributed by atoms with Gasteiger partial charge in [0.1, 0.15) is 0 Å². The number of carbonyl (C=O) groups excluding carboxylic acids is 1. The van der Waals surface area contributed by atoms with Crippen molar-refractivity contribution in [3.8, 4) is 10.8 Å². The molecule has 0 fully saturated rings. The lowest BCUT2D eigenvalue weighted by Crippen LogP contribution is -2.10. The molecule has 102 valence electrons. The first-order valence-electron chi connectivity index (χ1n) is 6.04. The molecule has 0 aliphatic heterocycles. The monoisotopic (exact) mass is 289 g/mol. The van der Waals surface area contributed by atoms with Crippen LogP contribution in [0.25, 0.3) is 16.5 Å². The molecule has 0 unspecified atom stereocenters. The molecule has 0 saturated carbocycles. The van der Waals surface area contributed by atoms with Crippen molar-refractivity contribution in [1.29, 1.82) is 0 Å². The van der Waals surface area contributed by atoms with Crippen LogP contribution in [0.1, 0.15) is 12.6 Å². The minimum Gasteiger partial charge on any atom is -0.466 e. The Morgan fingerprint density at radius 1 is 1.40 bits per heavy atom. The Labute approximate surface area is 118 Å². The Bertz CT molecular complexity index is 737. The average molecular weight is 289 g/mol. The number of rotatable bonds is 4. The fourth-order valence-electron chi connectivity index (χ4n) is 1.75. The highest BCUT2D eigenvalue weighted by Crippen LogP contribution is 2.19. The first-order valence-corrected chi connectivity index (χ1v) is 6.92. The van der Waals surface area contributed by atoms with Gasteiger partial charge in [-0.2, -0.15) is 9.61 Å². The van der Waals surface area contributed by atoms with E-state index in [1.165, 1.54) is 11.3 Å². The van der Waals surface area contributed by atoms with E-state index in [1.54, 1.807) is 29.8 Å². The predicted molar refractivity (Wildman–Crippen MR) is 72.2 cm³/mol. The molecule has 8 heteroatoms. The second-order valence-corrected chi connectivity index (χ2v) is 4.83. The van der Waals surface area contributed by atoms with Crippen LogP contribution < -0.4 is 0 Å². The van der Waals surface area contributed by atoms with Crippen molar-refractivity contribution in [2.75, 3.05) is 6.61 Å². The number of ether oxygens (including phenoxy) is 1. The second-order valence-electron chi connectivity index (χ2n) is 3.94. The van der Waals surface area contributed by atoms with Crippen LogP contribution in [0.5, 0.6) is 0 Å². The molecule has 0 bridgehead atoms. The number of carbonyl (C=O) groups is 1. The fraction of sp³-hybridized carbons (Fsp3) is 0.250. The number of nitrogens with zero attached hydrogens (tertiary/aromatic N) is 5. The van der Waals surface area contributed by atoms with E-state index in [0.717, 1.165) is 5.01 Å². The third kappa shape index (κ3) is 2.37. The van der Waals surface area contributed by atoms with E-state index in [9.17, 15) is 4.79 Å². The van der Waals surface area contributed by atoms with Gasteiger partial charge >= 0.3 is 5.97 Å². The van der Waals surface area contributed by atoms with Gasteiger partial charge in [-0.3, -0.25) is 4.79 Å². The van der Waals surface area contributed by atoms with E-state index in [0.29, 0.717) is 23.8 Å². The fourth-order valence-corrected chi connectivity index (χ4v) is 2.35. The van der Waals surface area contributed by atoms with Gasteiger partial charge in [0.2, 0.25) is 5.82 Å². The van der Waals surface area contributed by atoms with E-state index in [-0.39, 0.29) is 12.4 Å². The molecule has 0 saturated heterocycles. The normalized spacial score (nSPS) is 10.8. The number of fused-ring (bicyclic) bond motifs is 1. The van der Waals surface area contributed by atoms with Crippen LogP contribution in [0.15, 0.2) is 23.7 Å². The van der Waals surface area contributed by atoms with Crippen LogP contribution >= 0.6 is 11.3 Å². The minimum absolute atomic E-state index is 0.124. The van der Waals surface area contributed by atoms with Gasteiger partial charge in [-0.1, -0.05) is 0 Å². The molecule has 0 aromatic carbocycles. The first-order chi connectivity index (χ1) is 9.78. The lowest BCUT2D eigenvalue weighted by atomic mass is 10.3. The van der Waals surface area contributed by atoms with Gasteiger partial charge in [0.25, 0.3) is 0 Å². The summed E-state index contributed by atoms with van der Waals surface area (Å²) in [7, 11) is 0. The van der Waals surface area contributed by atoms with Crippen molar-refractivity contribution in [3.63, 3.8) is 0 Å². The maximum atomic E-state index is 11.5. The molecule has 0 amide bonds. The zero-order chi connectivity index (χ0) is 13.9. The van der Waals surface area contributed by atoms with E-state index in [2.05, 4.69) is 20.3 Å². The van der Waals surface area contributed by atoms with Crippen molar-refractivity contribution in [3.05, 3.63) is 29.4 Å². The maximum Gasteiger partial charge on any atom is 0.311 e. The number of thiazole rings is 1. The number of esters is 1. The summed E-state index contributed by atoms with van der Waals surface area (Å²) in [5.74, 6) is 0.268. The summed E-state index contributed by atoms with van der Waals surface area (Å²) >= 11 is 1.46. The summed E-state index contributed by atoms with van der Waals surface area (Å²) in [5, 5.41) is 15.1. The molecule has 0 spiro atoms. The van der Waals surface area contributed by atoms with Gasteiger partial charge < -0.3 is 4.74 Å². The van der Waals surface area contributed by atoms with Crippen LogP contribution in [0.4, 0.5) is 0 Å². The van der Waals surface area contributed by atoms with E-state index < -0.39 is 0 Å². The lowest BCUT2D eigenvalue weighted by Gasteiger charge is -2.02. The van der Waals surface area contributed by atoms with Crippen LogP contribution in [-0.4, -0.2) is 37.4 Å². The zero-order valence-electron chi connectivity index (χ0n) is 10.7. The Morgan fingerprint density at radius 2 is 2.30 bits per heavy atom. The highest BCUT2D eigenvalue weighted by molar-refractivity contribution is 7.13. The largest absolute Gasteiger partial charge is 0.466 e. The number of hydrogen-bond donors (Lipinski definition) is 0. The smallest absolute Gasteiger partial charge is 0.311 e. The van der Waals surface area contributed by atoms with Crippen molar-refractivity contribution < 1.29 is 9.53 Å². The van der Waals surface area contributed by atoms with Crippen molar-refractivity contribution >= 4 is 23.0 Å². The molecule has 0 radical (unpaired) electrons.